The summed E-state index contributed by atoms with van der Waals surface area (Å²) in [6.07, 6.45) is 1.80. The van der Waals surface area contributed by atoms with Crippen LogP contribution in [-0.4, -0.2) is 15.7 Å². The Labute approximate surface area is 195 Å². The molecule has 0 atom stereocenters. The van der Waals surface area contributed by atoms with Gasteiger partial charge in [-0.3, -0.25) is 9.48 Å². The second-order valence-electron chi connectivity index (χ2n) is 7.51. The Morgan fingerprint density at radius 3 is 2.67 bits per heavy atom. The summed E-state index contributed by atoms with van der Waals surface area (Å²) in [5.74, 6) is 1.59. The first-order valence-corrected chi connectivity index (χ1v) is 10.8. The molecule has 6 nitrogen and oxygen atoms in total. The van der Waals surface area contributed by atoms with Crippen molar-refractivity contribution in [3.05, 3.63) is 113 Å². The van der Waals surface area contributed by atoms with E-state index in [1.54, 1.807) is 29.1 Å². The number of benzene rings is 3. The van der Waals surface area contributed by atoms with Crippen molar-refractivity contribution in [2.45, 2.75) is 13.2 Å². The topological polar surface area (TPSA) is 69.3 Å². The molecule has 2 heterocycles. The van der Waals surface area contributed by atoms with Crippen molar-refractivity contribution in [3.8, 4) is 5.75 Å². The molecule has 0 unspecified atom stereocenters. The quantitative estimate of drug-likeness (QED) is 0.317. The average molecular weight is 458 g/mol. The Bertz CT molecular complexity index is 1400. The van der Waals surface area contributed by atoms with E-state index in [4.69, 9.17) is 20.8 Å². The molecule has 5 aromatic rings. The zero-order valence-corrected chi connectivity index (χ0v) is 18.3. The van der Waals surface area contributed by atoms with Crippen molar-refractivity contribution in [3.63, 3.8) is 0 Å². The van der Waals surface area contributed by atoms with Gasteiger partial charge >= 0.3 is 0 Å². The molecule has 0 saturated heterocycles. The Hall–Kier alpha value is -4.03. The maximum atomic E-state index is 12.6. The van der Waals surface area contributed by atoms with E-state index in [0.717, 1.165) is 22.1 Å². The second kappa shape index (κ2) is 9.22. The van der Waals surface area contributed by atoms with Crippen LogP contribution in [0.4, 0.5) is 5.82 Å². The molecule has 7 heteroatoms. The molecule has 164 valence electrons. The van der Waals surface area contributed by atoms with Crippen LogP contribution in [0.2, 0.25) is 5.02 Å². The number of hydrogen-bond acceptors (Lipinski definition) is 4. The van der Waals surface area contributed by atoms with E-state index < -0.39 is 0 Å². The van der Waals surface area contributed by atoms with Gasteiger partial charge in [0.25, 0.3) is 5.91 Å². The van der Waals surface area contributed by atoms with Crippen molar-refractivity contribution in [2.24, 2.45) is 0 Å². The molecule has 3 aromatic carbocycles. The van der Waals surface area contributed by atoms with Gasteiger partial charge in [-0.2, -0.15) is 5.10 Å². The highest BCUT2D eigenvalue weighted by Gasteiger charge is 2.14. The lowest BCUT2D eigenvalue weighted by Crippen LogP contribution is -2.12. The van der Waals surface area contributed by atoms with Crippen molar-refractivity contribution in [1.82, 2.24) is 9.78 Å². The first-order chi connectivity index (χ1) is 16.1. The fraction of sp³-hybridized carbons (Fsp3) is 0.0769. The second-order valence-corrected chi connectivity index (χ2v) is 7.95. The summed E-state index contributed by atoms with van der Waals surface area (Å²) < 4.78 is 13.4. The predicted octanol–water partition coefficient (Wildman–Crippen LogP) is 6.16. The van der Waals surface area contributed by atoms with Crippen molar-refractivity contribution in [1.29, 1.82) is 0 Å². The first-order valence-electron chi connectivity index (χ1n) is 10.4. The van der Waals surface area contributed by atoms with E-state index in [-0.39, 0.29) is 18.3 Å². The number of carbonyl (C=O) groups is 1. The van der Waals surface area contributed by atoms with Crippen LogP contribution in [0.1, 0.15) is 21.9 Å². The highest BCUT2D eigenvalue weighted by atomic mass is 35.5. The molecule has 0 radical (unpaired) electrons. The van der Waals surface area contributed by atoms with Gasteiger partial charge in [0, 0.05) is 22.7 Å². The number of ether oxygens (including phenoxy) is 1. The number of anilines is 1. The van der Waals surface area contributed by atoms with E-state index in [2.05, 4.69) is 10.4 Å². The average Bonchev–Trinajstić information content (AvgIpc) is 3.49. The number of amides is 1. The van der Waals surface area contributed by atoms with Gasteiger partial charge in [-0.25, -0.2) is 0 Å². The van der Waals surface area contributed by atoms with Gasteiger partial charge in [0.15, 0.2) is 11.6 Å². The maximum absolute atomic E-state index is 12.6. The Morgan fingerprint density at radius 2 is 1.79 bits per heavy atom. The molecular formula is C26H20ClN3O3. The minimum absolute atomic E-state index is 0.193. The number of halogens is 1. The summed E-state index contributed by atoms with van der Waals surface area (Å²) in [4.78, 5) is 12.6. The fourth-order valence-electron chi connectivity index (χ4n) is 3.52. The van der Waals surface area contributed by atoms with Crippen LogP contribution < -0.4 is 10.1 Å². The van der Waals surface area contributed by atoms with Gasteiger partial charge in [0.2, 0.25) is 0 Å². The van der Waals surface area contributed by atoms with Crippen LogP contribution in [0.5, 0.6) is 5.75 Å². The minimum atomic E-state index is -0.372. The molecule has 0 aliphatic rings. The molecule has 0 saturated carbocycles. The van der Waals surface area contributed by atoms with Gasteiger partial charge < -0.3 is 14.5 Å². The van der Waals surface area contributed by atoms with Gasteiger partial charge in [-0.1, -0.05) is 60.1 Å². The molecule has 33 heavy (non-hydrogen) atoms. The molecule has 0 fully saturated rings. The number of aromatic nitrogens is 2. The lowest BCUT2D eigenvalue weighted by molar-refractivity contribution is 0.0992. The highest BCUT2D eigenvalue weighted by molar-refractivity contribution is 6.30. The van der Waals surface area contributed by atoms with Crippen LogP contribution in [0.25, 0.3) is 10.8 Å². The van der Waals surface area contributed by atoms with Gasteiger partial charge in [0.05, 0.1) is 6.54 Å². The molecule has 0 aliphatic heterocycles. The third kappa shape index (κ3) is 4.91. The first kappa shape index (κ1) is 20.8. The van der Waals surface area contributed by atoms with Crippen molar-refractivity contribution < 1.29 is 13.9 Å². The van der Waals surface area contributed by atoms with Gasteiger partial charge in [0.1, 0.15) is 18.1 Å². The predicted molar refractivity (Wildman–Crippen MR) is 128 cm³/mol. The number of furan rings is 1. The van der Waals surface area contributed by atoms with Gasteiger partial charge in [-0.15, -0.1) is 0 Å². The molecule has 0 spiro atoms. The third-order valence-corrected chi connectivity index (χ3v) is 5.40. The molecular weight excluding hydrogens is 438 g/mol. The van der Waals surface area contributed by atoms with Crippen LogP contribution in [0, 0.1) is 0 Å². The summed E-state index contributed by atoms with van der Waals surface area (Å²) in [7, 11) is 0. The lowest BCUT2D eigenvalue weighted by Gasteiger charge is -2.07. The number of rotatable bonds is 7. The Morgan fingerprint density at radius 1 is 0.970 bits per heavy atom. The van der Waals surface area contributed by atoms with E-state index in [1.165, 1.54) is 0 Å². The zero-order chi connectivity index (χ0) is 22.6. The fourth-order valence-corrected chi connectivity index (χ4v) is 3.65. The van der Waals surface area contributed by atoms with Gasteiger partial charge in [-0.05, 0) is 41.3 Å². The van der Waals surface area contributed by atoms with E-state index in [9.17, 15) is 4.79 Å². The molecule has 0 aliphatic carbocycles. The Kier molecular flexibility index (Phi) is 5.83. The summed E-state index contributed by atoms with van der Waals surface area (Å²) >= 11 is 5.92. The molecule has 0 bridgehead atoms. The number of nitrogens with one attached hydrogen (secondary N) is 1. The highest BCUT2D eigenvalue weighted by Crippen LogP contribution is 2.26. The monoisotopic (exact) mass is 457 g/mol. The standard InChI is InChI=1S/C26H20ClN3O3/c27-20-10-8-18(9-11-20)16-30-15-14-25(29-30)28-26(31)24-13-12-21(33-24)17-32-23-7-3-5-19-4-1-2-6-22(19)23/h1-15H,16-17H2,(H,28,29,31). The zero-order valence-electron chi connectivity index (χ0n) is 17.6. The molecule has 1 N–H and O–H groups in total. The Balaban J connectivity index is 1.20. The largest absolute Gasteiger partial charge is 0.485 e. The normalized spacial score (nSPS) is 10.9. The summed E-state index contributed by atoms with van der Waals surface area (Å²) in [5.41, 5.74) is 1.06. The van der Waals surface area contributed by atoms with E-state index >= 15 is 0 Å². The van der Waals surface area contributed by atoms with Crippen LogP contribution in [0.15, 0.2) is 95.5 Å². The summed E-state index contributed by atoms with van der Waals surface area (Å²) in [6, 6.07) is 26.6. The number of hydrogen-bond donors (Lipinski definition) is 1. The van der Waals surface area contributed by atoms with Crippen molar-refractivity contribution >= 4 is 34.1 Å². The third-order valence-electron chi connectivity index (χ3n) is 5.15. The van der Waals surface area contributed by atoms with Crippen LogP contribution >= 0.6 is 11.6 Å². The smallest absolute Gasteiger partial charge is 0.292 e. The SMILES string of the molecule is O=C(Nc1ccn(Cc2ccc(Cl)cc2)n1)c1ccc(COc2cccc3ccccc23)o1. The number of fused-ring (bicyclic) bond motifs is 1. The van der Waals surface area contributed by atoms with Crippen LogP contribution in [-0.2, 0) is 13.2 Å². The number of carbonyl (C=O) groups excluding carboxylic acids is 1. The number of nitrogens with zero attached hydrogens (tertiary/aromatic N) is 2. The molecule has 5 rings (SSSR count). The van der Waals surface area contributed by atoms with Crippen LogP contribution in [0.3, 0.4) is 0 Å². The minimum Gasteiger partial charge on any atom is -0.485 e. The van der Waals surface area contributed by atoms with E-state index in [1.807, 2.05) is 66.7 Å². The lowest BCUT2D eigenvalue weighted by atomic mass is 10.1. The molecule has 2 aromatic heterocycles. The van der Waals surface area contributed by atoms with Crippen molar-refractivity contribution in [2.75, 3.05) is 5.32 Å². The summed E-state index contributed by atoms with van der Waals surface area (Å²) in [5, 5.41) is 9.96. The molecule has 1 amide bonds. The van der Waals surface area contributed by atoms with E-state index in [0.29, 0.717) is 23.1 Å². The maximum Gasteiger partial charge on any atom is 0.292 e. The summed E-state index contributed by atoms with van der Waals surface area (Å²) in [6.45, 7) is 0.792.